The second-order valence-corrected chi connectivity index (χ2v) is 5.08. The maximum Gasteiger partial charge on any atom is 0.119 e. The molecule has 1 aliphatic rings. The van der Waals surface area contributed by atoms with Crippen LogP contribution in [0.5, 0.6) is 5.75 Å². The molecule has 0 aliphatic carbocycles. The third-order valence-electron chi connectivity index (χ3n) is 3.60. The van der Waals surface area contributed by atoms with E-state index in [2.05, 4.69) is 36.2 Å². The van der Waals surface area contributed by atoms with Gasteiger partial charge in [-0.15, -0.1) is 0 Å². The average Bonchev–Trinajstić information content (AvgIpc) is 2.41. The third-order valence-corrected chi connectivity index (χ3v) is 3.60. The van der Waals surface area contributed by atoms with Crippen molar-refractivity contribution in [2.75, 3.05) is 27.2 Å². The predicted octanol–water partition coefficient (Wildman–Crippen LogP) is 3.28. The van der Waals surface area contributed by atoms with Crippen molar-refractivity contribution in [2.45, 2.75) is 25.7 Å². The lowest BCUT2D eigenvalue weighted by Gasteiger charge is -2.21. The molecule has 1 aromatic carbocycles. The van der Waals surface area contributed by atoms with E-state index in [1.54, 1.807) is 12.7 Å². The maximum absolute atomic E-state index is 5.25. The monoisotopic (exact) mass is 245 g/mol. The zero-order chi connectivity index (χ0) is 12.8. The van der Waals surface area contributed by atoms with Gasteiger partial charge in [0, 0.05) is 13.1 Å². The number of nitrogens with zero attached hydrogens (tertiary/aromatic N) is 1. The van der Waals surface area contributed by atoms with Gasteiger partial charge in [-0.3, -0.25) is 0 Å². The highest BCUT2D eigenvalue weighted by Gasteiger charge is 2.07. The normalized spacial score (nSPS) is 16.4. The topological polar surface area (TPSA) is 12.5 Å². The van der Waals surface area contributed by atoms with E-state index in [4.69, 9.17) is 4.74 Å². The molecule has 0 saturated carbocycles. The molecular weight excluding hydrogens is 222 g/mol. The van der Waals surface area contributed by atoms with Crippen molar-refractivity contribution in [2.24, 2.45) is 0 Å². The van der Waals surface area contributed by atoms with Crippen LogP contribution in [-0.4, -0.2) is 32.1 Å². The number of aryl methyl sites for hydroxylation is 1. The number of hydrogen-bond acceptors (Lipinski definition) is 2. The van der Waals surface area contributed by atoms with E-state index in [0.29, 0.717) is 0 Å². The lowest BCUT2D eigenvalue weighted by Crippen LogP contribution is -2.24. The minimum atomic E-state index is 0.964. The van der Waals surface area contributed by atoms with Crippen molar-refractivity contribution in [3.8, 4) is 5.75 Å². The van der Waals surface area contributed by atoms with Crippen molar-refractivity contribution >= 4 is 0 Å². The Morgan fingerprint density at radius 2 is 2.17 bits per heavy atom. The SMILES string of the molecule is COc1cccc(CCCC2=CCN(C)CC2)c1. The van der Waals surface area contributed by atoms with Crippen molar-refractivity contribution < 1.29 is 4.74 Å². The van der Waals surface area contributed by atoms with Crippen LogP contribution in [0.3, 0.4) is 0 Å². The molecule has 2 rings (SSSR count). The first kappa shape index (κ1) is 13.2. The van der Waals surface area contributed by atoms with Gasteiger partial charge < -0.3 is 9.64 Å². The molecule has 0 atom stereocenters. The molecule has 98 valence electrons. The zero-order valence-electron chi connectivity index (χ0n) is 11.5. The van der Waals surface area contributed by atoms with Gasteiger partial charge in [0.1, 0.15) is 5.75 Å². The van der Waals surface area contributed by atoms with Crippen LogP contribution in [0, 0.1) is 0 Å². The summed E-state index contributed by atoms with van der Waals surface area (Å²) in [6, 6.07) is 8.40. The molecule has 0 amide bonds. The standard InChI is InChI=1S/C16H23NO/c1-17-11-9-14(10-12-17)5-3-6-15-7-4-8-16(13-15)18-2/h4,7-9,13H,3,5-6,10-12H2,1-2H3. The maximum atomic E-state index is 5.25. The molecule has 0 fully saturated rings. The van der Waals surface area contributed by atoms with E-state index in [9.17, 15) is 0 Å². The summed E-state index contributed by atoms with van der Waals surface area (Å²) >= 11 is 0. The molecule has 0 bridgehead atoms. The third kappa shape index (κ3) is 3.88. The minimum absolute atomic E-state index is 0.964. The van der Waals surface area contributed by atoms with Crippen molar-refractivity contribution in [3.05, 3.63) is 41.5 Å². The van der Waals surface area contributed by atoms with E-state index >= 15 is 0 Å². The van der Waals surface area contributed by atoms with E-state index < -0.39 is 0 Å². The lowest BCUT2D eigenvalue weighted by molar-refractivity contribution is 0.356. The van der Waals surface area contributed by atoms with Crippen molar-refractivity contribution in [3.63, 3.8) is 0 Å². The summed E-state index contributed by atoms with van der Waals surface area (Å²) in [6.07, 6.45) is 7.27. The van der Waals surface area contributed by atoms with Crippen LogP contribution in [0.25, 0.3) is 0 Å². The lowest BCUT2D eigenvalue weighted by atomic mass is 10.00. The van der Waals surface area contributed by atoms with E-state index in [0.717, 1.165) is 18.7 Å². The highest BCUT2D eigenvalue weighted by atomic mass is 16.5. The van der Waals surface area contributed by atoms with Crippen molar-refractivity contribution in [1.29, 1.82) is 0 Å². The zero-order valence-corrected chi connectivity index (χ0v) is 11.5. The summed E-state index contributed by atoms with van der Waals surface area (Å²) in [5, 5.41) is 0. The Kier molecular flexibility index (Phi) is 4.82. The molecule has 0 aromatic heterocycles. The fourth-order valence-electron chi connectivity index (χ4n) is 2.39. The Bertz CT molecular complexity index is 411. The van der Waals surface area contributed by atoms with Crippen LogP contribution < -0.4 is 4.74 Å². The molecule has 0 spiro atoms. The molecule has 0 unspecified atom stereocenters. The van der Waals surface area contributed by atoms with Crippen LogP contribution in [0.1, 0.15) is 24.8 Å². The van der Waals surface area contributed by atoms with Gasteiger partial charge in [-0.05, 0) is 50.4 Å². The van der Waals surface area contributed by atoms with Gasteiger partial charge >= 0.3 is 0 Å². The number of methoxy groups -OCH3 is 1. The second kappa shape index (κ2) is 6.60. The Hall–Kier alpha value is -1.28. The number of rotatable bonds is 5. The van der Waals surface area contributed by atoms with Gasteiger partial charge in [0.25, 0.3) is 0 Å². The van der Waals surface area contributed by atoms with Gasteiger partial charge in [-0.1, -0.05) is 23.8 Å². The molecule has 0 radical (unpaired) electrons. The highest BCUT2D eigenvalue weighted by molar-refractivity contribution is 5.28. The first-order chi connectivity index (χ1) is 8.78. The van der Waals surface area contributed by atoms with Gasteiger partial charge in [0.05, 0.1) is 7.11 Å². The number of likely N-dealkylation sites (N-methyl/N-ethyl adjacent to an activating group) is 1. The molecule has 2 heteroatoms. The predicted molar refractivity (Wildman–Crippen MR) is 76.1 cm³/mol. The van der Waals surface area contributed by atoms with Crippen LogP contribution in [0.15, 0.2) is 35.9 Å². The van der Waals surface area contributed by atoms with Crippen molar-refractivity contribution in [1.82, 2.24) is 4.90 Å². The Balaban J connectivity index is 1.78. The van der Waals surface area contributed by atoms with E-state index in [-0.39, 0.29) is 0 Å². The Morgan fingerprint density at radius 1 is 1.28 bits per heavy atom. The van der Waals surface area contributed by atoms with E-state index in [1.165, 1.54) is 31.4 Å². The van der Waals surface area contributed by atoms with Gasteiger partial charge in [-0.25, -0.2) is 0 Å². The average molecular weight is 245 g/mol. The van der Waals surface area contributed by atoms with Gasteiger partial charge in [0.15, 0.2) is 0 Å². The number of hydrogen-bond donors (Lipinski definition) is 0. The smallest absolute Gasteiger partial charge is 0.119 e. The highest BCUT2D eigenvalue weighted by Crippen LogP contribution is 2.18. The Labute approximate surface area is 110 Å². The summed E-state index contributed by atoms with van der Waals surface area (Å²) < 4.78 is 5.25. The molecule has 2 nitrogen and oxygen atoms in total. The van der Waals surface area contributed by atoms with Crippen LogP contribution in [0.4, 0.5) is 0 Å². The molecule has 1 heterocycles. The summed E-state index contributed by atoms with van der Waals surface area (Å²) in [5.74, 6) is 0.964. The molecule has 18 heavy (non-hydrogen) atoms. The van der Waals surface area contributed by atoms with Gasteiger partial charge in [0.2, 0.25) is 0 Å². The first-order valence-corrected chi connectivity index (χ1v) is 6.77. The molecule has 1 aromatic rings. The molecule has 1 aliphatic heterocycles. The quantitative estimate of drug-likeness (QED) is 0.738. The first-order valence-electron chi connectivity index (χ1n) is 6.77. The summed E-state index contributed by atoms with van der Waals surface area (Å²) in [7, 11) is 3.91. The number of benzene rings is 1. The minimum Gasteiger partial charge on any atom is -0.497 e. The molecule has 0 N–H and O–H groups in total. The fraction of sp³-hybridized carbons (Fsp3) is 0.500. The van der Waals surface area contributed by atoms with Crippen LogP contribution in [0.2, 0.25) is 0 Å². The Morgan fingerprint density at radius 3 is 2.89 bits per heavy atom. The second-order valence-electron chi connectivity index (χ2n) is 5.08. The molecular formula is C16H23NO. The van der Waals surface area contributed by atoms with Gasteiger partial charge in [-0.2, -0.15) is 0 Å². The summed E-state index contributed by atoms with van der Waals surface area (Å²) in [6.45, 7) is 2.33. The van der Waals surface area contributed by atoms with Crippen LogP contribution >= 0.6 is 0 Å². The van der Waals surface area contributed by atoms with E-state index in [1.807, 2.05) is 6.07 Å². The fourth-order valence-corrected chi connectivity index (χ4v) is 2.39. The number of ether oxygens (including phenoxy) is 1. The summed E-state index contributed by atoms with van der Waals surface area (Å²) in [4.78, 5) is 2.37. The van der Waals surface area contributed by atoms with Crippen LogP contribution in [-0.2, 0) is 6.42 Å². The largest absolute Gasteiger partial charge is 0.497 e. The summed E-state index contributed by atoms with van der Waals surface area (Å²) in [5.41, 5.74) is 3.01. The molecule has 0 saturated heterocycles.